The highest BCUT2D eigenvalue weighted by Gasteiger charge is 2.08. The van der Waals surface area contributed by atoms with Gasteiger partial charge < -0.3 is 14.8 Å². The first-order valence-corrected chi connectivity index (χ1v) is 6.87. The fraction of sp³-hybridized carbons (Fsp3) is 0.400. The van der Waals surface area contributed by atoms with Gasteiger partial charge in [-0.05, 0) is 12.5 Å². The summed E-state index contributed by atoms with van der Waals surface area (Å²) in [5.74, 6) is 2.12. The predicted octanol–water partition coefficient (Wildman–Crippen LogP) is 2.52. The summed E-state index contributed by atoms with van der Waals surface area (Å²) in [5.41, 5.74) is 1.68. The maximum absolute atomic E-state index is 5.20. The van der Waals surface area contributed by atoms with E-state index in [1.165, 1.54) is 0 Å². The highest BCUT2D eigenvalue weighted by molar-refractivity contribution is 5.63. The van der Waals surface area contributed by atoms with Crippen molar-refractivity contribution in [2.45, 2.75) is 20.0 Å². The van der Waals surface area contributed by atoms with E-state index in [0.29, 0.717) is 18.2 Å². The predicted molar refractivity (Wildman–Crippen MR) is 81.3 cm³/mol. The molecule has 0 atom stereocenters. The van der Waals surface area contributed by atoms with Crippen molar-refractivity contribution >= 4 is 5.82 Å². The molecule has 0 aromatic carbocycles. The quantitative estimate of drug-likeness (QED) is 0.844. The number of nitrogens with zero attached hydrogens (tertiary/aromatic N) is 3. The largest absolute Gasteiger partial charge is 0.495 e. The Balaban J connectivity index is 2.37. The molecule has 6 heteroatoms. The van der Waals surface area contributed by atoms with Crippen molar-refractivity contribution in [1.82, 2.24) is 15.0 Å². The van der Waals surface area contributed by atoms with Crippen LogP contribution in [0.4, 0.5) is 5.82 Å². The molecule has 0 saturated heterocycles. The minimum absolute atomic E-state index is 0.367. The van der Waals surface area contributed by atoms with E-state index in [2.05, 4.69) is 27.2 Å². The third-order valence-corrected chi connectivity index (χ3v) is 2.85. The average molecular weight is 288 g/mol. The lowest BCUT2D eigenvalue weighted by Crippen LogP contribution is -2.06. The summed E-state index contributed by atoms with van der Waals surface area (Å²) in [5, 5.41) is 3.27. The van der Waals surface area contributed by atoms with E-state index in [9.17, 15) is 0 Å². The van der Waals surface area contributed by atoms with Gasteiger partial charge in [-0.3, -0.25) is 4.98 Å². The number of nitrogens with one attached hydrogen (secondary N) is 1. The van der Waals surface area contributed by atoms with Crippen LogP contribution in [-0.4, -0.2) is 35.7 Å². The first-order valence-electron chi connectivity index (χ1n) is 6.87. The van der Waals surface area contributed by atoms with Crippen LogP contribution in [0.5, 0.6) is 5.75 Å². The number of ether oxygens (including phenoxy) is 2. The summed E-state index contributed by atoms with van der Waals surface area (Å²) in [6, 6.07) is 3.81. The van der Waals surface area contributed by atoms with Crippen molar-refractivity contribution in [2.75, 3.05) is 26.1 Å². The third kappa shape index (κ3) is 4.13. The molecule has 2 aromatic heterocycles. The molecule has 0 amide bonds. The number of hydrogen-bond donors (Lipinski definition) is 1. The molecule has 0 unspecified atom stereocenters. The molecule has 2 rings (SSSR count). The fourth-order valence-corrected chi connectivity index (χ4v) is 1.85. The number of rotatable bonds is 7. The van der Waals surface area contributed by atoms with Gasteiger partial charge in [0.2, 0.25) is 0 Å². The first-order chi connectivity index (χ1) is 10.3. The number of anilines is 1. The molecule has 2 aromatic rings. The molecular formula is C15H20N4O2. The summed E-state index contributed by atoms with van der Waals surface area (Å²) in [6.07, 6.45) is 4.45. The van der Waals surface area contributed by atoms with Crippen LogP contribution in [0.2, 0.25) is 0 Å². The lowest BCUT2D eigenvalue weighted by atomic mass is 10.2. The van der Waals surface area contributed by atoms with E-state index in [1.54, 1.807) is 26.6 Å². The lowest BCUT2D eigenvalue weighted by Gasteiger charge is -2.10. The van der Waals surface area contributed by atoms with Gasteiger partial charge in [0, 0.05) is 31.5 Å². The molecule has 0 aliphatic carbocycles. The molecule has 0 saturated carbocycles. The van der Waals surface area contributed by atoms with Crippen molar-refractivity contribution < 1.29 is 9.47 Å². The summed E-state index contributed by atoms with van der Waals surface area (Å²) in [4.78, 5) is 13.1. The first kappa shape index (κ1) is 15.2. The number of aromatic nitrogens is 3. The Bertz CT molecular complexity index is 590. The van der Waals surface area contributed by atoms with E-state index in [4.69, 9.17) is 9.47 Å². The molecule has 112 valence electrons. The van der Waals surface area contributed by atoms with Crippen LogP contribution in [-0.2, 0) is 11.3 Å². The van der Waals surface area contributed by atoms with Gasteiger partial charge in [0.1, 0.15) is 18.2 Å². The van der Waals surface area contributed by atoms with Gasteiger partial charge >= 0.3 is 0 Å². The Hall–Kier alpha value is -2.21. The van der Waals surface area contributed by atoms with Crippen molar-refractivity contribution in [3.63, 3.8) is 0 Å². The molecule has 0 radical (unpaired) electrons. The van der Waals surface area contributed by atoms with Crippen molar-refractivity contribution in [3.8, 4) is 17.0 Å². The van der Waals surface area contributed by atoms with Gasteiger partial charge in [0.05, 0.1) is 19.0 Å². The molecule has 6 nitrogen and oxygen atoms in total. The van der Waals surface area contributed by atoms with Gasteiger partial charge in [-0.1, -0.05) is 6.92 Å². The van der Waals surface area contributed by atoms with Crippen molar-refractivity contribution in [3.05, 3.63) is 30.4 Å². The van der Waals surface area contributed by atoms with E-state index < -0.39 is 0 Å². The minimum Gasteiger partial charge on any atom is -0.495 e. The van der Waals surface area contributed by atoms with Crippen LogP contribution in [0.25, 0.3) is 11.3 Å². The molecule has 21 heavy (non-hydrogen) atoms. The molecule has 0 bridgehead atoms. The summed E-state index contributed by atoms with van der Waals surface area (Å²) >= 11 is 0. The van der Waals surface area contributed by atoms with Crippen LogP contribution >= 0.6 is 0 Å². The van der Waals surface area contributed by atoms with Gasteiger partial charge in [0.15, 0.2) is 5.82 Å². The number of pyridine rings is 1. The number of methoxy groups -OCH3 is 2. The maximum Gasteiger partial charge on any atom is 0.157 e. The molecule has 1 N–H and O–H groups in total. The Morgan fingerprint density at radius 2 is 2.00 bits per heavy atom. The normalized spacial score (nSPS) is 10.4. The zero-order valence-electron chi connectivity index (χ0n) is 12.6. The second-order valence-corrected chi connectivity index (χ2v) is 4.53. The van der Waals surface area contributed by atoms with Crippen molar-refractivity contribution in [1.29, 1.82) is 0 Å². The Morgan fingerprint density at radius 3 is 2.71 bits per heavy atom. The molecule has 0 aliphatic heterocycles. The second-order valence-electron chi connectivity index (χ2n) is 4.53. The smallest absolute Gasteiger partial charge is 0.157 e. The average Bonchev–Trinajstić information content (AvgIpc) is 2.53. The van der Waals surface area contributed by atoms with Crippen LogP contribution in [0.15, 0.2) is 24.5 Å². The monoisotopic (exact) mass is 288 g/mol. The van der Waals surface area contributed by atoms with Gasteiger partial charge in [-0.2, -0.15) is 0 Å². The topological polar surface area (TPSA) is 69.2 Å². The fourth-order valence-electron chi connectivity index (χ4n) is 1.85. The highest BCUT2D eigenvalue weighted by Crippen LogP contribution is 2.23. The molecule has 0 spiro atoms. The Labute approximate surface area is 124 Å². The van der Waals surface area contributed by atoms with Gasteiger partial charge in [0.25, 0.3) is 0 Å². The SMILES string of the molecule is CCCNc1cc(-c2cncc(OC)c2)nc(COC)n1. The Kier molecular flexibility index (Phi) is 5.45. The maximum atomic E-state index is 5.20. The molecule has 2 heterocycles. The van der Waals surface area contributed by atoms with Gasteiger partial charge in [-0.15, -0.1) is 0 Å². The van der Waals surface area contributed by atoms with E-state index in [0.717, 1.165) is 30.0 Å². The second kappa shape index (κ2) is 7.54. The third-order valence-electron chi connectivity index (χ3n) is 2.85. The minimum atomic E-state index is 0.367. The summed E-state index contributed by atoms with van der Waals surface area (Å²) < 4.78 is 10.3. The molecular weight excluding hydrogens is 268 g/mol. The zero-order chi connectivity index (χ0) is 15.1. The van der Waals surface area contributed by atoms with Crippen LogP contribution in [0, 0.1) is 0 Å². The zero-order valence-corrected chi connectivity index (χ0v) is 12.6. The highest BCUT2D eigenvalue weighted by atomic mass is 16.5. The van der Waals surface area contributed by atoms with E-state index in [-0.39, 0.29) is 0 Å². The van der Waals surface area contributed by atoms with Gasteiger partial charge in [-0.25, -0.2) is 9.97 Å². The van der Waals surface area contributed by atoms with Crippen molar-refractivity contribution in [2.24, 2.45) is 0 Å². The standard InChI is InChI=1S/C15H20N4O2/c1-4-5-17-14-7-13(18-15(19-14)10-20-2)11-6-12(21-3)9-16-8-11/h6-9H,4-5,10H2,1-3H3,(H,17,18,19). The van der Waals surface area contributed by atoms with E-state index >= 15 is 0 Å². The molecule has 0 aliphatic rings. The Morgan fingerprint density at radius 1 is 1.14 bits per heavy atom. The lowest BCUT2D eigenvalue weighted by molar-refractivity contribution is 0.178. The van der Waals surface area contributed by atoms with Crippen LogP contribution in [0.3, 0.4) is 0 Å². The van der Waals surface area contributed by atoms with E-state index in [1.807, 2.05) is 12.1 Å². The number of hydrogen-bond acceptors (Lipinski definition) is 6. The molecule has 0 fully saturated rings. The van der Waals surface area contributed by atoms with Crippen LogP contribution in [0.1, 0.15) is 19.2 Å². The van der Waals surface area contributed by atoms with Crippen LogP contribution < -0.4 is 10.1 Å². The summed E-state index contributed by atoms with van der Waals surface area (Å²) in [6.45, 7) is 3.34. The summed E-state index contributed by atoms with van der Waals surface area (Å²) in [7, 11) is 3.24.